The number of nitrogens with one attached hydrogen (secondary N) is 1. The Morgan fingerprint density at radius 2 is 1.79 bits per heavy atom. The van der Waals surface area contributed by atoms with E-state index in [1.54, 1.807) is 41.3 Å². The largest absolute Gasteiger partial charge is 0.434 e. The van der Waals surface area contributed by atoms with E-state index in [-0.39, 0.29) is 52.3 Å². The number of anilines is 1. The molecule has 3 N–H and O–H groups in total. The predicted molar refractivity (Wildman–Crippen MR) is 150 cm³/mol. The molecule has 1 saturated heterocycles. The summed E-state index contributed by atoms with van der Waals surface area (Å²) in [7, 11) is 0. The number of halogens is 2. The Balaban J connectivity index is 1.53. The zero-order valence-electron chi connectivity index (χ0n) is 22.3. The SMILES string of the molecule is N/C=C(/C(=O)Nc1cn(CC(=O)C2CCN(C=O)CC2)nc1-c1cc2ccccc2cc1OC(F)F)c1ncccn1. The van der Waals surface area contributed by atoms with Crippen LogP contribution in [0.4, 0.5) is 14.5 Å². The van der Waals surface area contributed by atoms with E-state index < -0.39 is 12.5 Å². The van der Waals surface area contributed by atoms with E-state index in [2.05, 4.69) is 20.4 Å². The number of benzene rings is 2. The molecule has 0 radical (unpaired) electrons. The zero-order valence-corrected chi connectivity index (χ0v) is 22.3. The number of likely N-dealkylation sites (tertiary alicyclic amines) is 1. The smallest absolute Gasteiger partial charge is 0.387 e. The number of hydrogen-bond donors (Lipinski definition) is 2. The van der Waals surface area contributed by atoms with Crippen LogP contribution in [0.15, 0.2) is 67.3 Å². The highest BCUT2D eigenvalue weighted by Gasteiger charge is 2.27. The van der Waals surface area contributed by atoms with Gasteiger partial charge in [0.15, 0.2) is 11.6 Å². The number of nitrogens with two attached hydrogens (primary N) is 1. The Hall–Kier alpha value is -5.20. The Bertz CT molecular complexity index is 1630. The van der Waals surface area contributed by atoms with Gasteiger partial charge in [-0.3, -0.25) is 19.1 Å². The van der Waals surface area contributed by atoms with Gasteiger partial charge < -0.3 is 20.7 Å². The number of nitrogens with zero attached hydrogens (tertiary/aromatic N) is 5. The number of rotatable bonds is 10. The molecule has 1 aliphatic heterocycles. The van der Waals surface area contributed by atoms with Crippen LogP contribution in [0.1, 0.15) is 18.7 Å². The molecule has 13 heteroatoms. The predicted octanol–water partition coefficient (Wildman–Crippen LogP) is 3.47. The van der Waals surface area contributed by atoms with Gasteiger partial charge in [0.1, 0.15) is 11.4 Å². The van der Waals surface area contributed by atoms with E-state index in [9.17, 15) is 23.2 Å². The maximum atomic E-state index is 13.5. The Labute approximate surface area is 239 Å². The normalized spacial score (nSPS) is 14.3. The first kappa shape index (κ1) is 28.3. The summed E-state index contributed by atoms with van der Waals surface area (Å²) >= 11 is 0. The lowest BCUT2D eigenvalue weighted by atomic mass is 9.93. The number of alkyl halides is 2. The van der Waals surface area contributed by atoms with Crippen LogP contribution in [0.3, 0.4) is 0 Å². The van der Waals surface area contributed by atoms with Crippen molar-refractivity contribution in [2.45, 2.75) is 26.0 Å². The second-order valence-corrected chi connectivity index (χ2v) is 9.65. The van der Waals surface area contributed by atoms with Gasteiger partial charge in [-0.05, 0) is 41.8 Å². The van der Waals surface area contributed by atoms with Gasteiger partial charge in [-0.15, -0.1) is 0 Å². The minimum atomic E-state index is -3.12. The number of carbonyl (C=O) groups excluding carboxylic acids is 3. The van der Waals surface area contributed by atoms with Crippen molar-refractivity contribution < 1.29 is 27.9 Å². The summed E-state index contributed by atoms with van der Waals surface area (Å²) in [5.41, 5.74) is 6.12. The van der Waals surface area contributed by atoms with Crippen LogP contribution in [0.5, 0.6) is 5.75 Å². The van der Waals surface area contributed by atoms with Gasteiger partial charge in [0.25, 0.3) is 5.91 Å². The highest BCUT2D eigenvalue weighted by atomic mass is 19.3. The Morgan fingerprint density at radius 3 is 2.43 bits per heavy atom. The van der Waals surface area contributed by atoms with Gasteiger partial charge in [-0.1, -0.05) is 24.3 Å². The first-order chi connectivity index (χ1) is 20.4. The van der Waals surface area contributed by atoms with Crippen LogP contribution in [-0.2, 0) is 20.9 Å². The molecule has 0 saturated carbocycles. The number of ether oxygens (including phenoxy) is 1. The van der Waals surface area contributed by atoms with Gasteiger partial charge in [0, 0.05) is 49.4 Å². The lowest BCUT2D eigenvalue weighted by Crippen LogP contribution is -2.36. The molecule has 2 aromatic heterocycles. The molecule has 1 aliphatic rings. The Kier molecular flexibility index (Phi) is 8.46. The maximum absolute atomic E-state index is 13.5. The molecule has 0 unspecified atom stereocenters. The van der Waals surface area contributed by atoms with Crippen LogP contribution in [-0.4, -0.2) is 62.4 Å². The highest BCUT2D eigenvalue weighted by Crippen LogP contribution is 2.38. The number of Topliss-reactive ketones (excluding diaryl/α,β-unsaturated/α-hetero) is 1. The molecule has 216 valence electrons. The highest BCUT2D eigenvalue weighted by molar-refractivity contribution is 6.24. The zero-order chi connectivity index (χ0) is 29.6. The first-order valence-electron chi connectivity index (χ1n) is 13.1. The topological polar surface area (TPSA) is 145 Å². The number of aromatic nitrogens is 4. The fraction of sp³-hybridized carbons (Fsp3) is 0.241. The summed E-state index contributed by atoms with van der Waals surface area (Å²) < 4.78 is 33.2. The van der Waals surface area contributed by atoms with E-state index in [0.29, 0.717) is 31.3 Å². The van der Waals surface area contributed by atoms with Crippen molar-refractivity contribution in [1.82, 2.24) is 24.6 Å². The van der Waals surface area contributed by atoms with Crippen LogP contribution >= 0.6 is 0 Å². The molecular formula is C29H27F2N7O4. The lowest BCUT2D eigenvalue weighted by molar-refractivity contribution is -0.127. The third-order valence-corrected chi connectivity index (χ3v) is 7.00. The standard InChI is InChI=1S/C29H27F2N7O4/c30-29(31)42-25-13-20-5-2-1-4-19(20)12-21(25)26-23(35-28(41)22(14-32)27-33-8-3-9-34-27)15-38(36-26)16-24(40)18-6-10-37(17-39)11-7-18/h1-5,8-9,12-15,17-18,29H,6-7,10-11,16,32H2,(H,35,41)/b22-14+. The molecular weight excluding hydrogens is 548 g/mol. The van der Waals surface area contributed by atoms with Crippen LogP contribution in [0.2, 0.25) is 0 Å². The second-order valence-electron chi connectivity index (χ2n) is 9.65. The summed E-state index contributed by atoms with van der Waals surface area (Å²) in [6.07, 6.45) is 7.23. The number of hydrogen-bond acceptors (Lipinski definition) is 8. The minimum absolute atomic E-state index is 0.0325. The monoisotopic (exact) mass is 575 g/mol. The van der Waals surface area contributed by atoms with Gasteiger partial charge in [0.2, 0.25) is 6.41 Å². The quantitative estimate of drug-likeness (QED) is 0.216. The lowest BCUT2D eigenvalue weighted by Gasteiger charge is -2.28. The van der Waals surface area contributed by atoms with E-state index in [4.69, 9.17) is 10.5 Å². The molecule has 5 rings (SSSR count). The fourth-order valence-corrected chi connectivity index (χ4v) is 4.89. The third-order valence-electron chi connectivity index (χ3n) is 7.00. The minimum Gasteiger partial charge on any atom is -0.434 e. The fourth-order valence-electron chi connectivity index (χ4n) is 4.89. The molecule has 1 fully saturated rings. The average molecular weight is 576 g/mol. The number of piperidine rings is 1. The maximum Gasteiger partial charge on any atom is 0.387 e. The number of fused-ring (bicyclic) bond motifs is 1. The van der Waals surface area contributed by atoms with Crippen molar-refractivity contribution in [3.8, 4) is 17.0 Å². The summed E-state index contributed by atoms with van der Waals surface area (Å²) in [5.74, 6) is -1.12. The summed E-state index contributed by atoms with van der Waals surface area (Å²) in [6.45, 7) is -2.29. The van der Waals surface area contributed by atoms with Crippen molar-refractivity contribution in [2.75, 3.05) is 18.4 Å². The summed E-state index contributed by atoms with van der Waals surface area (Å²) in [5, 5.41) is 8.65. The van der Waals surface area contributed by atoms with Crippen molar-refractivity contribution in [3.05, 3.63) is 73.1 Å². The van der Waals surface area contributed by atoms with E-state index in [0.717, 1.165) is 18.0 Å². The van der Waals surface area contributed by atoms with Crippen LogP contribution in [0.25, 0.3) is 27.6 Å². The van der Waals surface area contributed by atoms with Crippen LogP contribution in [0, 0.1) is 5.92 Å². The average Bonchev–Trinajstić information content (AvgIpc) is 3.38. The molecule has 0 bridgehead atoms. The van der Waals surface area contributed by atoms with E-state index in [1.165, 1.54) is 29.3 Å². The number of ketones is 1. The molecule has 0 aliphatic carbocycles. The Morgan fingerprint density at radius 1 is 1.10 bits per heavy atom. The number of amides is 2. The molecule has 2 amide bonds. The molecule has 3 heterocycles. The molecule has 4 aromatic rings. The first-order valence-corrected chi connectivity index (χ1v) is 13.1. The molecule has 42 heavy (non-hydrogen) atoms. The second kappa shape index (κ2) is 12.5. The molecule has 0 spiro atoms. The summed E-state index contributed by atoms with van der Waals surface area (Å²) in [4.78, 5) is 47.3. The van der Waals surface area contributed by atoms with Crippen molar-refractivity contribution in [3.63, 3.8) is 0 Å². The van der Waals surface area contributed by atoms with Crippen LogP contribution < -0.4 is 15.8 Å². The van der Waals surface area contributed by atoms with Gasteiger partial charge in [-0.2, -0.15) is 13.9 Å². The molecule has 11 nitrogen and oxygen atoms in total. The molecule has 0 atom stereocenters. The van der Waals surface area contributed by atoms with Crippen molar-refractivity contribution in [2.24, 2.45) is 11.7 Å². The van der Waals surface area contributed by atoms with Gasteiger partial charge >= 0.3 is 6.61 Å². The van der Waals surface area contributed by atoms with Gasteiger partial charge in [-0.25, -0.2) is 9.97 Å². The van der Waals surface area contributed by atoms with E-state index in [1.807, 2.05) is 0 Å². The van der Waals surface area contributed by atoms with Crippen molar-refractivity contribution in [1.29, 1.82) is 0 Å². The van der Waals surface area contributed by atoms with Crippen molar-refractivity contribution >= 4 is 40.1 Å². The molecule has 2 aromatic carbocycles. The number of carbonyl (C=O) groups is 3. The summed E-state index contributed by atoms with van der Waals surface area (Å²) in [6, 6.07) is 11.8. The van der Waals surface area contributed by atoms with E-state index >= 15 is 0 Å². The third kappa shape index (κ3) is 6.24. The van der Waals surface area contributed by atoms with Gasteiger partial charge in [0.05, 0.1) is 17.8 Å².